The van der Waals surface area contributed by atoms with Gasteiger partial charge in [0.2, 0.25) is 7.59 Å². The average Bonchev–Trinajstić information content (AvgIpc) is 3.22. The quantitative estimate of drug-likeness (QED) is 0.0782. The Labute approximate surface area is 403 Å². The van der Waals surface area contributed by atoms with Crippen LogP contribution in [-0.4, -0.2) is 110 Å². The van der Waals surface area contributed by atoms with Crippen LogP contribution in [0.4, 0.5) is 9.59 Å². The standard InChI is InChI=1S/C44H44Cl6O15/c1-23-27(61-30(52)17-16-25-12-8-6-9-13-25)19-42(57)35(64-36(54)26-14-10-7-11-15-26)33-40(5,34(53)32(31(23)39(42,3)4)63-38(56)60-22-44(48,49)50)28(62-37(55)59-21-43(45,46)47)18-29-41(33,20-58-29)65-24(2)51/h6-17,27-29,32-33,35,57H,18-22H2,1-5H3/b17-16+/t27-,28-,29+,32+,33-,35-,40+,41-,42-/m0/s1. The summed E-state index contributed by atoms with van der Waals surface area (Å²) in [6, 6.07) is 16.5. The first-order valence-corrected chi connectivity index (χ1v) is 22.3. The van der Waals surface area contributed by atoms with Crippen LogP contribution in [0.15, 0.2) is 77.9 Å². The van der Waals surface area contributed by atoms with Crippen molar-refractivity contribution >= 4 is 112 Å². The summed E-state index contributed by atoms with van der Waals surface area (Å²) >= 11 is 35.2. The predicted molar refractivity (Wildman–Crippen MR) is 236 cm³/mol. The largest absolute Gasteiger partial charge is 0.509 e. The fraction of sp³-hybridized carbons (Fsp3) is 0.500. The van der Waals surface area contributed by atoms with E-state index in [0.29, 0.717) is 5.56 Å². The molecule has 0 radical (unpaired) electrons. The van der Waals surface area contributed by atoms with E-state index in [4.69, 9.17) is 108 Å². The molecule has 21 heteroatoms. The van der Waals surface area contributed by atoms with Crippen LogP contribution in [0.25, 0.3) is 6.08 Å². The molecule has 9 atom stereocenters. The zero-order valence-corrected chi connectivity index (χ0v) is 39.9. The Bertz CT molecular complexity index is 2240. The van der Waals surface area contributed by atoms with Gasteiger partial charge in [-0.15, -0.1) is 0 Å². The van der Waals surface area contributed by atoms with Crippen LogP contribution in [0.1, 0.15) is 63.4 Å². The lowest BCUT2D eigenvalue weighted by atomic mass is 9.44. The van der Waals surface area contributed by atoms with Gasteiger partial charge in [0.25, 0.3) is 0 Å². The molecule has 1 heterocycles. The molecule has 4 aliphatic rings. The summed E-state index contributed by atoms with van der Waals surface area (Å²) < 4.78 is 42.3. The average molecular weight is 1030 g/mol. The molecule has 352 valence electrons. The molecule has 3 fully saturated rings. The second-order valence-corrected chi connectivity index (χ2v) is 21.9. The number of carbonyl (C=O) groups excluding carboxylic acids is 6. The molecule has 2 aromatic carbocycles. The molecule has 1 saturated heterocycles. The van der Waals surface area contributed by atoms with Crippen LogP contribution in [-0.2, 0) is 52.3 Å². The molecule has 0 amide bonds. The number of esters is 3. The number of aliphatic hydroxyl groups is 1. The van der Waals surface area contributed by atoms with Gasteiger partial charge in [-0.25, -0.2) is 19.2 Å². The highest BCUT2D eigenvalue weighted by Gasteiger charge is 2.79. The van der Waals surface area contributed by atoms with Gasteiger partial charge in [0, 0.05) is 31.3 Å². The van der Waals surface area contributed by atoms with E-state index in [1.165, 1.54) is 45.9 Å². The van der Waals surface area contributed by atoms with Crippen LogP contribution in [0.2, 0.25) is 0 Å². The van der Waals surface area contributed by atoms with Gasteiger partial charge in [0.05, 0.1) is 23.5 Å². The number of Topliss-reactive ketones (excluding diaryl/α,β-unsaturated/α-hetero) is 1. The molecule has 2 aromatic rings. The lowest BCUT2D eigenvalue weighted by Gasteiger charge is -2.67. The van der Waals surface area contributed by atoms with Crippen molar-refractivity contribution in [3.63, 3.8) is 0 Å². The van der Waals surface area contributed by atoms with E-state index in [1.54, 1.807) is 48.5 Å². The smallest absolute Gasteiger partial charge is 0.455 e. The number of alkyl halides is 6. The molecule has 1 aliphatic heterocycles. The molecule has 65 heavy (non-hydrogen) atoms. The van der Waals surface area contributed by atoms with Gasteiger partial charge < -0.3 is 43.0 Å². The van der Waals surface area contributed by atoms with Gasteiger partial charge >= 0.3 is 30.2 Å². The number of carbonyl (C=O) groups is 6. The van der Waals surface area contributed by atoms with Gasteiger partial charge in [-0.2, -0.15) is 0 Å². The Kier molecular flexibility index (Phi) is 14.8. The van der Waals surface area contributed by atoms with E-state index in [9.17, 15) is 29.1 Å². The van der Waals surface area contributed by atoms with E-state index < -0.39 is 128 Å². The van der Waals surface area contributed by atoms with Crippen LogP contribution in [0, 0.1) is 16.7 Å². The van der Waals surface area contributed by atoms with Crippen molar-refractivity contribution in [2.75, 3.05) is 19.8 Å². The molecule has 0 aromatic heterocycles. The van der Waals surface area contributed by atoms with E-state index in [1.807, 2.05) is 0 Å². The Morgan fingerprint density at radius 1 is 0.831 bits per heavy atom. The van der Waals surface area contributed by atoms with Gasteiger partial charge in [0.1, 0.15) is 43.2 Å². The summed E-state index contributed by atoms with van der Waals surface area (Å²) in [4.78, 5) is 84.5. The van der Waals surface area contributed by atoms with E-state index in [2.05, 4.69) is 0 Å². The van der Waals surface area contributed by atoms with Crippen molar-refractivity contribution in [1.29, 1.82) is 0 Å². The first-order chi connectivity index (χ1) is 30.2. The summed E-state index contributed by atoms with van der Waals surface area (Å²) in [5, 5.41) is 13.8. The monoisotopic (exact) mass is 1020 g/mol. The second kappa shape index (κ2) is 19.1. The highest BCUT2D eigenvalue weighted by Crippen LogP contribution is 2.65. The minimum Gasteiger partial charge on any atom is -0.455 e. The molecule has 3 aliphatic carbocycles. The highest BCUT2D eigenvalue weighted by molar-refractivity contribution is 6.68. The van der Waals surface area contributed by atoms with Crippen molar-refractivity contribution in [2.45, 2.75) is 96.8 Å². The van der Waals surface area contributed by atoms with Crippen molar-refractivity contribution in [2.24, 2.45) is 16.7 Å². The van der Waals surface area contributed by atoms with Crippen LogP contribution >= 0.6 is 69.6 Å². The Morgan fingerprint density at radius 3 is 1.94 bits per heavy atom. The lowest BCUT2D eigenvalue weighted by Crippen LogP contribution is -2.82. The maximum absolute atomic E-state index is 16.1. The number of ketones is 1. The minimum absolute atomic E-state index is 0.0144. The molecular formula is C44H44Cl6O15. The summed E-state index contributed by atoms with van der Waals surface area (Å²) in [6.07, 6.45) is -9.55. The number of benzene rings is 2. The molecule has 0 unspecified atom stereocenters. The zero-order valence-electron chi connectivity index (χ0n) is 35.4. The molecule has 0 spiro atoms. The number of rotatable bonds is 10. The van der Waals surface area contributed by atoms with E-state index in [-0.39, 0.29) is 23.1 Å². The normalized spacial score (nSPS) is 30.6. The minimum atomic E-state index is -2.47. The number of halogens is 6. The topological polar surface area (TPSA) is 196 Å². The molecule has 1 N–H and O–H groups in total. The van der Waals surface area contributed by atoms with Gasteiger partial charge in [-0.05, 0) is 48.8 Å². The Morgan fingerprint density at radius 2 is 1.40 bits per heavy atom. The molecule has 2 bridgehead atoms. The first-order valence-electron chi connectivity index (χ1n) is 20.0. The number of hydrogen-bond acceptors (Lipinski definition) is 15. The first kappa shape index (κ1) is 50.6. The van der Waals surface area contributed by atoms with Crippen molar-refractivity contribution in [1.82, 2.24) is 0 Å². The molecule has 6 rings (SSSR count). The van der Waals surface area contributed by atoms with Crippen LogP contribution < -0.4 is 0 Å². The van der Waals surface area contributed by atoms with Gasteiger partial charge in [0.15, 0.2) is 17.5 Å². The summed E-state index contributed by atoms with van der Waals surface area (Å²) in [5.41, 5.74) is -7.82. The van der Waals surface area contributed by atoms with E-state index in [0.717, 1.165) is 13.0 Å². The third-order valence-corrected chi connectivity index (χ3v) is 13.2. The number of hydrogen-bond donors (Lipinski definition) is 1. The van der Waals surface area contributed by atoms with Gasteiger partial charge in [-0.1, -0.05) is 132 Å². The fourth-order valence-corrected chi connectivity index (χ4v) is 9.80. The SMILES string of the molecule is CC(=O)O[C@@]12CO[C@@H]1C[C@H](OC(=O)OCC(Cl)(Cl)Cl)[C@@]1(C)C(=O)[C@H](OC(=O)OCC(Cl)(Cl)Cl)C3=C(C)[C@@H](OC(=O)/C=C/c4ccccc4)C[C@](O)([C@@H](OC(=O)c4ccccc4)[C@H]21)C3(C)C. The molecule has 2 saturated carbocycles. The molecular weight excluding hydrogens is 981 g/mol. The third-order valence-electron chi connectivity index (χ3n) is 12.5. The zero-order chi connectivity index (χ0) is 47.9. The Balaban J connectivity index is 1.62. The number of fused-ring (bicyclic) bond motifs is 5. The summed E-state index contributed by atoms with van der Waals surface area (Å²) in [7, 11) is 0. The summed E-state index contributed by atoms with van der Waals surface area (Å²) in [6.45, 7) is 4.83. The predicted octanol–water partition coefficient (Wildman–Crippen LogP) is 8.41. The maximum atomic E-state index is 16.1. The fourth-order valence-electron chi connectivity index (χ4n) is 9.47. The van der Waals surface area contributed by atoms with Gasteiger partial charge in [-0.3, -0.25) is 9.59 Å². The lowest BCUT2D eigenvalue weighted by molar-refractivity contribution is -0.346. The number of ether oxygens (including phenoxy) is 8. The van der Waals surface area contributed by atoms with Crippen LogP contribution in [0.5, 0.6) is 0 Å². The van der Waals surface area contributed by atoms with E-state index >= 15 is 4.79 Å². The highest BCUT2D eigenvalue weighted by atomic mass is 35.6. The van der Waals surface area contributed by atoms with Crippen molar-refractivity contribution in [3.8, 4) is 0 Å². The molecule has 15 nitrogen and oxygen atoms in total. The third kappa shape index (κ3) is 10.4. The maximum Gasteiger partial charge on any atom is 0.509 e. The van der Waals surface area contributed by atoms with Crippen LogP contribution in [0.3, 0.4) is 0 Å². The summed E-state index contributed by atoms with van der Waals surface area (Å²) in [5.74, 6) is -5.53. The Hall–Kier alpha value is -3.80. The second-order valence-electron chi connectivity index (χ2n) is 16.8. The van der Waals surface area contributed by atoms with Crippen molar-refractivity contribution < 1.29 is 71.8 Å². The van der Waals surface area contributed by atoms with Crippen molar-refractivity contribution in [3.05, 3.63) is 89.0 Å².